The molecule has 0 aliphatic rings. The van der Waals surface area contributed by atoms with Gasteiger partial charge in [-0.3, -0.25) is 0 Å². The minimum atomic E-state index is -2.21. The van der Waals surface area contributed by atoms with Crippen LogP contribution in [-0.2, 0) is 0 Å². The lowest BCUT2D eigenvalue weighted by Crippen LogP contribution is -2.39. The van der Waals surface area contributed by atoms with E-state index in [1.807, 2.05) is 27.9 Å². The SMILES string of the molecule is CC.CN(C)C(C)(C)CC(F)F. The highest BCUT2D eigenvalue weighted by Crippen LogP contribution is 2.19. The Morgan fingerprint density at radius 2 is 1.50 bits per heavy atom. The van der Waals surface area contributed by atoms with Crippen molar-refractivity contribution in [3.8, 4) is 0 Å². The van der Waals surface area contributed by atoms with Crippen molar-refractivity contribution in [2.45, 2.75) is 46.1 Å². The lowest BCUT2D eigenvalue weighted by atomic mass is 10.00. The van der Waals surface area contributed by atoms with Gasteiger partial charge in [-0.1, -0.05) is 13.8 Å². The summed E-state index contributed by atoms with van der Waals surface area (Å²) in [5.41, 5.74) is -0.395. The molecule has 0 bridgehead atoms. The van der Waals surface area contributed by atoms with Gasteiger partial charge in [0.05, 0.1) is 0 Å². The van der Waals surface area contributed by atoms with Gasteiger partial charge >= 0.3 is 0 Å². The van der Waals surface area contributed by atoms with Crippen molar-refractivity contribution in [2.75, 3.05) is 14.1 Å². The van der Waals surface area contributed by atoms with Crippen LogP contribution in [0.3, 0.4) is 0 Å². The third-order valence-corrected chi connectivity index (χ3v) is 1.86. The molecular weight excluding hydrogens is 160 g/mol. The number of rotatable bonds is 3. The third-order valence-electron chi connectivity index (χ3n) is 1.86. The molecule has 0 aliphatic heterocycles. The zero-order valence-electron chi connectivity index (χ0n) is 8.99. The van der Waals surface area contributed by atoms with E-state index in [9.17, 15) is 8.78 Å². The van der Waals surface area contributed by atoms with E-state index >= 15 is 0 Å². The fourth-order valence-electron chi connectivity index (χ4n) is 0.560. The second-order valence-corrected chi connectivity index (χ2v) is 3.30. The maximum absolute atomic E-state index is 11.9. The molecule has 0 atom stereocenters. The van der Waals surface area contributed by atoms with E-state index in [2.05, 4.69) is 0 Å². The van der Waals surface area contributed by atoms with E-state index in [4.69, 9.17) is 0 Å². The zero-order chi connectivity index (χ0) is 10.4. The highest BCUT2D eigenvalue weighted by molar-refractivity contribution is 4.77. The molecule has 0 unspecified atom stereocenters. The number of halogens is 2. The third kappa shape index (κ3) is 6.53. The molecule has 12 heavy (non-hydrogen) atoms. The lowest BCUT2D eigenvalue weighted by Gasteiger charge is -2.32. The van der Waals surface area contributed by atoms with Gasteiger partial charge in [0.1, 0.15) is 0 Å². The van der Waals surface area contributed by atoms with Crippen LogP contribution >= 0.6 is 0 Å². The van der Waals surface area contributed by atoms with Crippen LogP contribution in [0.15, 0.2) is 0 Å². The van der Waals surface area contributed by atoms with Gasteiger partial charge in [0.25, 0.3) is 0 Å². The smallest absolute Gasteiger partial charge is 0.240 e. The predicted molar refractivity (Wildman–Crippen MR) is 49.7 cm³/mol. The number of hydrogen-bond acceptors (Lipinski definition) is 1. The Morgan fingerprint density at radius 1 is 1.17 bits per heavy atom. The van der Waals surface area contributed by atoms with Gasteiger partial charge in [-0.25, -0.2) is 8.78 Å². The van der Waals surface area contributed by atoms with Crippen molar-refractivity contribution in [2.24, 2.45) is 0 Å². The highest BCUT2D eigenvalue weighted by Gasteiger charge is 2.24. The first-order chi connectivity index (χ1) is 5.36. The fraction of sp³-hybridized carbons (Fsp3) is 1.00. The average molecular weight is 181 g/mol. The minimum Gasteiger partial charge on any atom is -0.304 e. The maximum atomic E-state index is 11.9. The van der Waals surface area contributed by atoms with Crippen LogP contribution in [0.25, 0.3) is 0 Å². The summed E-state index contributed by atoms with van der Waals surface area (Å²) in [7, 11) is 3.62. The normalized spacial score (nSPS) is 11.5. The average Bonchev–Trinajstić information content (AvgIpc) is 1.89. The molecule has 0 aliphatic carbocycles. The zero-order valence-corrected chi connectivity index (χ0v) is 8.99. The van der Waals surface area contributed by atoms with Crippen molar-refractivity contribution in [3.05, 3.63) is 0 Å². The summed E-state index contributed by atoms with van der Waals surface area (Å²) < 4.78 is 23.7. The van der Waals surface area contributed by atoms with Gasteiger partial charge in [-0.05, 0) is 27.9 Å². The van der Waals surface area contributed by atoms with Crippen LogP contribution in [0.4, 0.5) is 8.78 Å². The number of nitrogens with zero attached hydrogens (tertiary/aromatic N) is 1. The molecule has 0 aromatic rings. The van der Waals surface area contributed by atoms with E-state index in [1.165, 1.54) is 0 Å². The maximum Gasteiger partial charge on any atom is 0.240 e. The Kier molecular flexibility index (Phi) is 7.59. The van der Waals surface area contributed by atoms with Crippen molar-refractivity contribution in [3.63, 3.8) is 0 Å². The summed E-state index contributed by atoms with van der Waals surface area (Å²) >= 11 is 0. The summed E-state index contributed by atoms with van der Waals surface area (Å²) in [6.45, 7) is 7.61. The van der Waals surface area contributed by atoms with Crippen molar-refractivity contribution < 1.29 is 8.78 Å². The molecule has 0 saturated carbocycles. The first kappa shape index (κ1) is 14.3. The van der Waals surface area contributed by atoms with Crippen LogP contribution in [0, 0.1) is 0 Å². The van der Waals surface area contributed by atoms with Crippen molar-refractivity contribution in [1.82, 2.24) is 4.90 Å². The van der Waals surface area contributed by atoms with Gasteiger partial charge in [-0.15, -0.1) is 0 Å². The summed E-state index contributed by atoms with van der Waals surface area (Å²) in [5.74, 6) is 0. The largest absolute Gasteiger partial charge is 0.304 e. The van der Waals surface area contributed by atoms with E-state index in [0.717, 1.165) is 0 Å². The Bertz CT molecular complexity index is 101. The molecule has 76 valence electrons. The molecule has 0 rings (SSSR count). The number of alkyl halides is 2. The molecule has 0 fully saturated rings. The standard InChI is InChI=1S/C7H15F2N.C2H6/c1-7(2,10(3)4)5-6(8)9;1-2/h6H,5H2,1-4H3;1-2H3. The summed E-state index contributed by atoms with van der Waals surface area (Å²) in [4.78, 5) is 1.80. The summed E-state index contributed by atoms with van der Waals surface area (Å²) in [6, 6.07) is 0. The molecule has 1 nitrogen and oxygen atoms in total. The van der Waals surface area contributed by atoms with Gasteiger partial charge < -0.3 is 4.90 Å². The summed E-state index contributed by atoms with van der Waals surface area (Å²) in [5, 5.41) is 0. The molecule has 0 aromatic heterocycles. The first-order valence-corrected chi connectivity index (χ1v) is 4.32. The van der Waals surface area contributed by atoms with Gasteiger partial charge in [0.15, 0.2) is 0 Å². The first-order valence-electron chi connectivity index (χ1n) is 4.32. The topological polar surface area (TPSA) is 3.24 Å². The lowest BCUT2D eigenvalue weighted by molar-refractivity contribution is 0.0621. The van der Waals surface area contributed by atoms with Crippen LogP contribution in [0.5, 0.6) is 0 Å². The van der Waals surface area contributed by atoms with Crippen LogP contribution in [-0.4, -0.2) is 31.0 Å². The molecule has 0 radical (unpaired) electrons. The number of hydrogen-bond donors (Lipinski definition) is 0. The van der Waals surface area contributed by atoms with Crippen LogP contribution in [0.2, 0.25) is 0 Å². The molecule has 0 amide bonds. The predicted octanol–water partition coefficient (Wildman–Crippen LogP) is 3.01. The Balaban J connectivity index is 0. The second-order valence-electron chi connectivity index (χ2n) is 3.30. The van der Waals surface area contributed by atoms with Crippen molar-refractivity contribution in [1.29, 1.82) is 0 Å². The van der Waals surface area contributed by atoms with E-state index in [0.29, 0.717) is 0 Å². The highest BCUT2D eigenvalue weighted by atomic mass is 19.3. The fourth-order valence-corrected chi connectivity index (χ4v) is 0.560. The van der Waals surface area contributed by atoms with Gasteiger partial charge in [0.2, 0.25) is 6.43 Å². The Morgan fingerprint density at radius 3 is 1.58 bits per heavy atom. The molecular formula is C9H21F2N. The van der Waals surface area contributed by atoms with E-state index in [1.54, 1.807) is 18.7 Å². The monoisotopic (exact) mass is 181 g/mol. The second kappa shape index (κ2) is 6.35. The van der Waals surface area contributed by atoms with Gasteiger partial charge in [-0.2, -0.15) is 0 Å². The molecule has 0 N–H and O–H groups in total. The van der Waals surface area contributed by atoms with Gasteiger partial charge in [0, 0.05) is 12.0 Å². The molecule has 0 aromatic carbocycles. The quantitative estimate of drug-likeness (QED) is 0.647. The van der Waals surface area contributed by atoms with E-state index in [-0.39, 0.29) is 6.42 Å². The Labute approximate surface area is 74.8 Å². The Hall–Kier alpha value is -0.180. The van der Waals surface area contributed by atoms with E-state index < -0.39 is 12.0 Å². The molecule has 0 heterocycles. The molecule has 0 spiro atoms. The van der Waals surface area contributed by atoms with Crippen LogP contribution < -0.4 is 0 Å². The molecule has 0 saturated heterocycles. The molecule has 3 heteroatoms. The van der Waals surface area contributed by atoms with Crippen molar-refractivity contribution >= 4 is 0 Å². The van der Waals surface area contributed by atoms with Crippen LogP contribution in [0.1, 0.15) is 34.1 Å². The summed E-state index contributed by atoms with van der Waals surface area (Å²) in [6.07, 6.45) is -2.28. The minimum absolute atomic E-state index is 0.0694.